The zero-order valence-electron chi connectivity index (χ0n) is 19.7. The zero-order valence-corrected chi connectivity index (χ0v) is 19.7. The Morgan fingerprint density at radius 1 is 1.03 bits per heavy atom. The molecule has 0 spiro atoms. The van der Waals surface area contributed by atoms with E-state index < -0.39 is 5.41 Å². The summed E-state index contributed by atoms with van der Waals surface area (Å²) < 4.78 is 11.2. The standard InChI is InChI=1S/C27H32N2O4/c1-19-12-13-20(2)24(17-19)33-16-8-14-27(3,4)26(31)29-23-11-6-5-10-22(23)25(30)28-18-21-9-7-15-32-21/h5-7,9-13,15,17H,8,14,16,18H2,1-4H3,(H,28,30)(H,29,31). The van der Waals surface area contributed by atoms with E-state index >= 15 is 0 Å². The quantitative estimate of drug-likeness (QED) is 0.393. The number of benzene rings is 2. The third-order valence-corrected chi connectivity index (χ3v) is 5.59. The summed E-state index contributed by atoms with van der Waals surface area (Å²) >= 11 is 0. The number of para-hydroxylation sites is 1. The van der Waals surface area contributed by atoms with E-state index in [2.05, 4.69) is 16.7 Å². The zero-order chi connectivity index (χ0) is 23.8. The van der Waals surface area contributed by atoms with Crippen molar-refractivity contribution < 1.29 is 18.7 Å². The summed E-state index contributed by atoms with van der Waals surface area (Å²) in [7, 11) is 0. The molecule has 174 valence electrons. The van der Waals surface area contributed by atoms with Gasteiger partial charge in [-0.2, -0.15) is 0 Å². The monoisotopic (exact) mass is 448 g/mol. The van der Waals surface area contributed by atoms with Crippen molar-refractivity contribution in [1.29, 1.82) is 0 Å². The van der Waals surface area contributed by atoms with Crippen LogP contribution in [0, 0.1) is 19.3 Å². The lowest BCUT2D eigenvalue weighted by Crippen LogP contribution is -2.32. The van der Waals surface area contributed by atoms with Crippen LogP contribution in [-0.4, -0.2) is 18.4 Å². The molecule has 0 saturated carbocycles. The van der Waals surface area contributed by atoms with E-state index in [1.54, 1.807) is 42.7 Å². The fraction of sp³-hybridized carbons (Fsp3) is 0.333. The van der Waals surface area contributed by atoms with Crippen molar-refractivity contribution in [3.8, 4) is 5.75 Å². The first-order chi connectivity index (χ1) is 15.8. The van der Waals surface area contributed by atoms with Gasteiger partial charge in [0.25, 0.3) is 5.91 Å². The predicted octanol–water partition coefficient (Wildman–Crippen LogP) is 5.65. The third-order valence-electron chi connectivity index (χ3n) is 5.59. The molecule has 2 aromatic carbocycles. The van der Waals surface area contributed by atoms with E-state index in [0.717, 1.165) is 23.3 Å². The molecule has 33 heavy (non-hydrogen) atoms. The van der Waals surface area contributed by atoms with Gasteiger partial charge < -0.3 is 19.8 Å². The number of nitrogens with one attached hydrogen (secondary N) is 2. The molecule has 0 fully saturated rings. The molecular formula is C27H32N2O4. The molecule has 0 aliphatic heterocycles. The predicted molar refractivity (Wildman–Crippen MR) is 129 cm³/mol. The first-order valence-corrected chi connectivity index (χ1v) is 11.2. The summed E-state index contributed by atoms with van der Waals surface area (Å²) in [6.45, 7) is 8.68. The molecular weight excluding hydrogens is 416 g/mol. The average Bonchev–Trinajstić information content (AvgIpc) is 3.31. The number of carbonyl (C=O) groups excluding carboxylic acids is 2. The minimum absolute atomic E-state index is 0.138. The van der Waals surface area contributed by atoms with Gasteiger partial charge in [0, 0.05) is 5.41 Å². The maximum absolute atomic E-state index is 13.0. The summed E-state index contributed by atoms with van der Waals surface area (Å²) in [5.74, 6) is 1.13. The summed E-state index contributed by atoms with van der Waals surface area (Å²) in [6, 6.07) is 16.7. The SMILES string of the molecule is Cc1ccc(C)c(OCCCC(C)(C)C(=O)Nc2ccccc2C(=O)NCc2ccco2)c1. The van der Waals surface area contributed by atoms with E-state index in [0.29, 0.717) is 30.0 Å². The molecule has 6 heteroatoms. The largest absolute Gasteiger partial charge is 0.493 e. The van der Waals surface area contributed by atoms with E-state index in [1.807, 2.05) is 39.8 Å². The molecule has 0 aliphatic rings. The molecule has 0 aliphatic carbocycles. The molecule has 3 rings (SSSR count). The second kappa shape index (κ2) is 10.9. The molecule has 0 saturated heterocycles. The van der Waals surface area contributed by atoms with Gasteiger partial charge in [-0.1, -0.05) is 38.1 Å². The molecule has 2 N–H and O–H groups in total. The number of anilines is 1. The van der Waals surface area contributed by atoms with E-state index in [-0.39, 0.29) is 18.4 Å². The minimum atomic E-state index is -0.622. The Kier molecular flexibility index (Phi) is 7.93. The highest BCUT2D eigenvalue weighted by Gasteiger charge is 2.28. The van der Waals surface area contributed by atoms with E-state index in [9.17, 15) is 9.59 Å². The summed E-state index contributed by atoms with van der Waals surface area (Å²) in [5.41, 5.74) is 2.52. The van der Waals surface area contributed by atoms with Crippen LogP contribution in [0.5, 0.6) is 5.75 Å². The fourth-order valence-electron chi connectivity index (χ4n) is 3.43. The van der Waals surface area contributed by atoms with Gasteiger partial charge in [-0.25, -0.2) is 0 Å². The van der Waals surface area contributed by atoms with Crippen LogP contribution in [0.3, 0.4) is 0 Å². The second-order valence-corrected chi connectivity index (χ2v) is 8.87. The van der Waals surface area contributed by atoms with Gasteiger partial charge in [-0.05, 0) is 68.1 Å². The topological polar surface area (TPSA) is 80.6 Å². The molecule has 6 nitrogen and oxygen atoms in total. The van der Waals surface area contributed by atoms with E-state index in [4.69, 9.17) is 9.15 Å². The molecule has 2 amide bonds. The highest BCUT2D eigenvalue weighted by atomic mass is 16.5. The first kappa shape index (κ1) is 24.1. The molecule has 0 unspecified atom stereocenters. The van der Waals surface area contributed by atoms with Crippen LogP contribution < -0.4 is 15.4 Å². The molecule has 0 bridgehead atoms. The number of hydrogen-bond donors (Lipinski definition) is 2. The molecule has 0 radical (unpaired) electrons. The lowest BCUT2D eigenvalue weighted by atomic mass is 9.86. The maximum Gasteiger partial charge on any atom is 0.253 e. The molecule has 0 atom stereocenters. The van der Waals surface area contributed by atoms with Crippen LogP contribution in [0.2, 0.25) is 0 Å². The van der Waals surface area contributed by atoms with Crippen molar-refractivity contribution in [2.45, 2.75) is 47.1 Å². The molecule has 1 heterocycles. The van der Waals surface area contributed by atoms with Gasteiger partial charge in [0.1, 0.15) is 11.5 Å². The van der Waals surface area contributed by atoms with Crippen molar-refractivity contribution in [2.24, 2.45) is 5.41 Å². The minimum Gasteiger partial charge on any atom is -0.493 e. The van der Waals surface area contributed by atoms with Gasteiger partial charge in [0.2, 0.25) is 5.91 Å². The first-order valence-electron chi connectivity index (χ1n) is 11.2. The molecule has 3 aromatic rings. The van der Waals surface area contributed by atoms with Gasteiger partial charge in [0.05, 0.1) is 30.7 Å². The Labute approximate surface area is 195 Å². The lowest BCUT2D eigenvalue weighted by Gasteiger charge is -2.24. The van der Waals surface area contributed by atoms with Crippen molar-refractivity contribution in [3.63, 3.8) is 0 Å². The Morgan fingerprint density at radius 3 is 2.58 bits per heavy atom. The fourth-order valence-corrected chi connectivity index (χ4v) is 3.43. The number of furan rings is 1. The Hall–Kier alpha value is -3.54. The average molecular weight is 449 g/mol. The number of carbonyl (C=O) groups is 2. The summed E-state index contributed by atoms with van der Waals surface area (Å²) in [4.78, 5) is 25.7. The lowest BCUT2D eigenvalue weighted by molar-refractivity contribution is -0.124. The smallest absolute Gasteiger partial charge is 0.253 e. The van der Waals surface area contributed by atoms with Crippen molar-refractivity contribution in [2.75, 3.05) is 11.9 Å². The van der Waals surface area contributed by atoms with Crippen LogP contribution in [0.25, 0.3) is 0 Å². The number of ether oxygens (including phenoxy) is 1. The van der Waals surface area contributed by atoms with Gasteiger partial charge in [-0.15, -0.1) is 0 Å². The van der Waals surface area contributed by atoms with Crippen molar-refractivity contribution in [1.82, 2.24) is 5.32 Å². The highest BCUT2D eigenvalue weighted by Crippen LogP contribution is 2.27. The van der Waals surface area contributed by atoms with Gasteiger partial charge >= 0.3 is 0 Å². The van der Waals surface area contributed by atoms with Crippen LogP contribution in [-0.2, 0) is 11.3 Å². The normalized spacial score (nSPS) is 11.2. The number of amides is 2. The maximum atomic E-state index is 13.0. The highest BCUT2D eigenvalue weighted by molar-refractivity contribution is 6.04. The third kappa shape index (κ3) is 6.72. The van der Waals surface area contributed by atoms with Crippen LogP contribution in [0.4, 0.5) is 5.69 Å². The number of hydrogen-bond acceptors (Lipinski definition) is 4. The van der Waals surface area contributed by atoms with Crippen LogP contribution >= 0.6 is 0 Å². The van der Waals surface area contributed by atoms with Gasteiger partial charge in [0.15, 0.2) is 0 Å². The van der Waals surface area contributed by atoms with Crippen LogP contribution in [0.15, 0.2) is 65.3 Å². The Bertz CT molecular complexity index is 1090. The second-order valence-electron chi connectivity index (χ2n) is 8.87. The van der Waals surface area contributed by atoms with Crippen molar-refractivity contribution in [3.05, 3.63) is 83.3 Å². The Balaban J connectivity index is 1.54. The van der Waals surface area contributed by atoms with Gasteiger partial charge in [-0.3, -0.25) is 9.59 Å². The van der Waals surface area contributed by atoms with E-state index in [1.165, 1.54) is 0 Å². The Morgan fingerprint density at radius 2 is 1.82 bits per heavy atom. The number of aryl methyl sites for hydroxylation is 2. The summed E-state index contributed by atoms with van der Waals surface area (Å²) in [6.07, 6.45) is 2.94. The van der Waals surface area contributed by atoms with Crippen molar-refractivity contribution >= 4 is 17.5 Å². The summed E-state index contributed by atoms with van der Waals surface area (Å²) in [5, 5.41) is 5.76. The number of rotatable bonds is 10. The molecule has 1 aromatic heterocycles. The van der Waals surface area contributed by atoms with Crippen LogP contribution in [0.1, 0.15) is 53.9 Å².